The molecule has 0 N–H and O–H groups in total. The van der Waals surface area contributed by atoms with E-state index in [1.54, 1.807) is 18.6 Å². The molecule has 2 aromatic rings. The van der Waals surface area contributed by atoms with Gasteiger partial charge < -0.3 is 9.15 Å². The fraction of sp³-hybridized carbons (Fsp3) is 0. The number of hydrogen-bond donors (Lipinski definition) is 0. The average Bonchev–Trinajstić information content (AvgIpc) is 2.59. The summed E-state index contributed by atoms with van der Waals surface area (Å²) in [5.74, 6) is 1.54. The Bertz CT molecular complexity index is 324. The molecule has 0 unspecified atom stereocenters. The zero-order valence-corrected chi connectivity index (χ0v) is 6.44. The van der Waals surface area contributed by atoms with Crippen molar-refractivity contribution in [3.05, 3.63) is 48.9 Å². The third-order valence-corrected chi connectivity index (χ3v) is 1.47. The minimum Gasteiger partial charge on any atom is -0.469 e. The topological polar surface area (TPSA) is 22.4 Å². The number of furan rings is 1. The highest BCUT2D eigenvalue weighted by Gasteiger charge is 1.95. The van der Waals surface area contributed by atoms with Gasteiger partial charge in [0, 0.05) is 6.07 Å². The van der Waals surface area contributed by atoms with Crippen molar-refractivity contribution in [3.63, 3.8) is 0 Å². The molecule has 0 aliphatic carbocycles. The van der Waals surface area contributed by atoms with Crippen LogP contribution in [0.2, 0.25) is 0 Å². The third-order valence-electron chi connectivity index (χ3n) is 1.47. The lowest BCUT2D eigenvalue weighted by Crippen LogP contribution is -1.79. The highest BCUT2D eigenvalue weighted by molar-refractivity contribution is 5.27. The number of hydrogen-bond acceptors (Lipinski definition) is 2. The predicted octanol–water partition coefficient (Wildman–Crippen LogP) is 3.07. The zero-order chi connectivity index (χ0) is 8.23. The van der Waals surface area contributed by atoms with Crippen LogP contribution in [0.5, 0.6) is 11.5 Å². The molecule has 0 atom stereocenters. The first-order valence-corrected chi connectivity index (χ1v) is 3.70. The van der Waals surface area contributed by atoms with Crippen molar-refractivity contribution in [2.75, 3.05) is 0 Å². The largest absolute Gasteiger partial charge is 0.469 e. The summed E-state index contributed by atoms with van der Waals surface area (Å²) >= 11 is 0. The van der Waals surface area contributed by atoms with Crippen LogP contribution >= 0.6 is 0 Å². The van der Waals surface area contributed by atoms with E-state index in [1.807, 2.05) is 30.3 Å². The van der Waals surface area contributed by atoms with E-state index in [0.29, 0.717) is 0 Å². The van der Waals surface area contributed by atoms with Crippen LogP contribution in [0.3, 0.4) is 0 Å². The van der Waals surface area contributed by atoms with Crippen molar-refractivity contribution in [2.45, 2.75) is 0 Å². The first-order chi connectivity index (χ1) is 5.95. The van der Waals surface area contributed by atoms with Crippen molar-refractivity contribution >= 4 is 0 Å². The number of rotatable bonds is 2. The summed E-state index contributed by atoms with van der Waals surface area (Å²) in [6.07, 6.45) is 3.14. The molecular formula is C10H8O2. The lowest BCUT2D eigenvalue weighted by molar-refractivity contribution is 0.466. The summed E-state index contributed by atoms with van der Waals surface area (Å²) in [6, 6.07) is 11.4. The van der Waals surface area contributed by atoms with Crippen LogP contribution in [0.25, 0.3) is 0 Å². The molecule has 0 saturated heterocycles. The van der Waals surface area contributed by atoms with Gasteiger partial charge in [-0.2, -0.15) is 0 Å². The molecule has 1 aromatic heterocycles. The van der Waals surface area contributed by atoms with Gasteiger partial charge in [0.05, 0.1) is 6.26 Å². The molecule has 0 bridgehead atoms. The van der Waals surface area contributed by atoms with Crippen molar-refractivity contribution in [1.29, 1.82) is 0 Å². The lowest BCUT2D eigenvalue weighted by atomic mass is 10.3. The van der Waals surface area contributed by atoms with E-state index in [0.717, 1.165) is 11.5 Å². The Kier molecular flexibility index (Phi) is 1.82. The van der Waals surface area contributed by atoms with E-state index >= 15 is 0 Å². The Morgan fingerprint density at radius 2 is 1.75 bits per heavy atom. The van der Waals surface area contributed by atoms with Gasteiger partial charge in [-0.05, 0) is 12.1 Å². The van der Waals surface area contributed by atoms with Crippen molar-refractivity contribution < 1.29 is 9.15 Å². The minimum atomic E-state index is 0.723. The van der Waals surface area contributed by atoms with E-state index in [2.05, 4.69) is 0 Å². The fourth-order valence-electron chi connectivity index (χ4n) is 0.935. The maximum absolute atomic E-state index is 5.42. The molecule has 0 radical (unpaired) electrons. The first-order valence-electron chi connectivity index (χ1n) is 3.70. The Hall–Kier alpha value is -1.70. The lowest BCUT2D eigenvalue weighted by Gasteiger charge is -1.99. The van der Waals surface area contributed by atoms with Crippen LogP contribution in [0.1, 0.15) is 0 Å². The van der Waals surface area contributed by atoms with Crippen LogP contribution in [-0.4, -0.2) is 0 Å². The van der Waals surface area contributed by atoms with Gasteiger partial charge in [0.15, 0.2) is 5.75 Å². The molecule has 0 aliphatic heterocycles. The molecule has 0 aliphatic rings. The van der Waals surface area contributed by atoms with Crippen LogP contribution < -0.4 is 4.74 Å². The summed E-state index contributed by atoms with van der Waals surface area (Å²) in [5, 5.41) is 0. The summed E-state index contributed by atoms with van der Waals surface area (Å²) in [7, 11) is 0. The summed E-state index contributed by atoms with van der Waals surface area (Å²) < 4.78 is 10.3. The quantitative estimate of drug-likeness (QED) is 0.673. The molecule has 0 spiro atoms. The van der Waals surface area contributed by atoms with Gasteiger partial charge >= 0.3 is 0 Å². The smallest absolute Gasteiger partial charge is 0.165 e. The molecule has 2 heteroatoms. The van der Waals surface area contributed by atoms with Gasteiger partial charge in [-0.15, -0.1) is 0 Å². The average molecular weight is 160 g/mol. The van der Waals surface area contributed by atoms with Crippen LogP contribution in [0, 0.1) is 0 Å². The Morgan fingerprint density at radius 1 is 0.917 bits per heavy atom. The van der Waals surface area contributed by atoms with Gasteiger partial charge in [0.2, 0.25) is 0 Å². The van der Waals surface area contributed by atoms with Crippen molar-refractivity contribution in [1.82, 2.24) is 0 Å². The van der Waals surface area contributed by atoms with Gasteiger partial charge in [-0.25, -0.2) is 0 Å². The molecule has 0 fully saturated rings. The molecule has 0 amide bonds. The molecule has 1 aromatic carbocycles. The maximum Gasteiger partial charge on any atom is 0.165 e. The number of para-hydroxylation sites is 1. The minimum absolute atomic E-state index is 0.723. The monoisotopic (exact) mass is 160 g/mol. The second-order valence-electron chi connectivity index (χ2n) is 2.37. The van der Waals surface area contributed by atoms with Gasteiger partial charge in [0.1, 0.15) is 12.0 Å². The van der Waals surface area contributed by atoms with Gasteiger partial charge in [-0.1, -0.05) is 18.2 Å². The zero-order valence-electron chi connectivity index (χ0n) is 6.44. The molecule has 1 heterocycles. The summed E-state index contributed by atoms with van der Waals surface area (Å²) in [4.78, 5) is 0. The van der Waals surface area contributed by atoms with Crippen LogP contribution in [0.4, 0.5) is 0 Å². The highest BCUT2D eigenvalue weighted by Crippen LogP contribution is 2.20. The second kappa shape index (κ2) is 3.13. The van der Waals surface area contributed by atoms with E-state index in [4.69, 9.17) is 9.15 Å². The third kappa shape index (κ3) is 1.48. The van der Waals surface area contributed by atoms with E-state index in [1.165, 1.54) is 0 Å². The Labute approximate surface area is 70.4 Å². The summed E-state index contributed by atoms with van der Waals surface area (Å²) in [6.45, 7) is 0. The molecule has 0 saturated carbocycles. The van der Waals surface area contributed by atoms with Crippen molar-refractivity contribution in [2.24, 2.45) is 0 Å². The standard InChI is InChI=1S/C10H8O2/c1-2-4-9(5-3-1)12-10-6-7-11-8-10/h1-8H. The first kappa shape index (κ1) is 6.98. The van der Waals surface area contributed by atoms with E-state index in [9.17, 15) is 0 Å². The van der Waals surface area contributed by atoms with E-state index in [-0.39, 0.29) is 0 Å². The molecule has 2 rings (SSSR count). The van der Waals surface area contributed by atoms with Crippen molar-refractivity contribution in [3.8, 4) is 11.5 Å². The van der Waals surface area contributed by atoms with Crippen LogP contribution in [0.15, 0.2) is 53.3 Å². The predicted molar refractivity (Wildman–Crippen MR) is 45.2 cm³/mol. The molecule has 12 heavy (non-hydrogen) atoms. The molecule has 2 nitrogen and oxygen atoms in total. The normalized spacial score (nSPS) is 9.67. The maximum atomic E-state index is 5.42. The summed E-state index contributed by atoms with van der Waals surface area (Å²) in [5.41, 5.74) is 0. The Balaban J connectivity index is 2.15. The fourth-order valence-corrected chi connectivity index (χ4v) is 0.935. The number of benzene rings is 1. The molecule has 60 valence electrons. The Morgan fingerprint density at radius 3 is 2.42 bits per heavy atom. The second-order valence-corrected chi connectivity index (χ2v) is 2.37. The van der Waals surface area contributed by atoms with Gasteiger partial charge in [-0.3, -0.25) is 0 Å². The molecular weight excluding hydrogens is 152 g/mol. The number of ether oxygens (including phenoxy) is 1. The highest BCUT2D eigenvalue weighted by atomic mass is 16.5. The SMILES string of the molecule is c1ccc(Oc2ccoc2)cc1. The van der Waals surface area contributed by atoms with Crippen LogP contribution in [-0.2, 0) is 0 Å². The van der Waals surface area contributed by atoms with Gasteiger partial charge in [0.25, 0.3) is 0 Å². The van der Waals surface area contributed by atoms with E-state index < -0.39 is 0 Å².